The molecule has 0 aromatic carbocycles. The summed E-state index contributed by atoms with van der Waals surface area (Å²) >= 11 is 1.41. The highest BCUT2D eigenvalue weighted by Gasteiger charge is 2.09. The summed E-state index contributed by atoms with van der Waals surface area (Å²) in [4.78, 5) is 17.5. The van der Waals surface area contributed by atoms with Crippen molar-refractivity contribution in [2.24, 2.45) is 0 Å². The molecule has 2 rings (SSSR count). The summed E-state index contributed by atoms with van der Waals surface area (Å²) in [6.45, 7) is 8.00. The molecule has 0 saturated carbocycles. The van der Waals surface area contributed by atoms with E-state index >= 15 is 0 Å². The van der Waals surface area contributed by atoms with Crippen molar-refractivity contribution in [1.82, 2.24) is 19.9 Å². The number of aromatic nitrogens is 4. The highest BCUT2D eigenvalue weighted by atomic mass is 32.2. The van der Waals surface area contributed by atoms with E-state index in [1.54, 1.807) is 6.07 Å². The number of aryl methyl sites for hydroxylation is 3. The Morgan fingerprint density at radius 2 is 1.68 bits per heavy atom. The van der Waals surface area contributed by atoms with Gasteiger partial charge in [0.15, 0.2) is 5.16 Å². The van der Waals surface area contributed by atoms with Gasteiger partial charge in [-0.05, 0) is 38.1 Å². The SMILES string of the molecule is CCc1nc(N)cc(Sc2nc(C)c(C)c(C)n2)n1. The van der Waals surface area contributed by atoms with Gasteiger partial charge >= 0.3 is 0 Å². The van der Waals surface area contributed by atoms with Crippen molar-refractivity contribution < 1.29 is 0 Å². The minimum absolute atomic E-state index is 0.481. The molecule has 2 aromatic heterocycles. The van der Waals surface area contributed by atoms with Crippen LogP contribution < -0.4 is 5.73 Å². The van der Waals surface area contributed by atoms with E-state index in [-0.39, 0.29) is 0 Å². The average molecular weight is 275 g/mol. The number of nitrogens with zero attached hydrogens (tertiary/aromatic N) is 4. The van der Waals surface area contributed by atoms with E-state index in [1.807, 2.05) is 27.7 Å². The van der Waals surface area contributed by atoms with Gasteiger partial charge in [-0.3, -0.25) is 0 Å². The van der Waals surface area contributed by atoms with Crippen molar-refractivity contribution in [3.8, 4) is 0 Å². The van der Waals surface area contributed by atoms with Crippen molar-refractivity contribution in [2.45, 2.75) is 44.3 Å². The molecule has 0 aliphatic heterocycles. The van der Waals surface area contributed by atoms with E-state index in [1.165, 1.54) is 11.8 Å². The second-order valence-corrected chi connectivity index (χ2v) is 5.29. The number of nitrogen functional groups attached to an aromatic ring is 1. The lowest BCUT2D eigenvalue weighted by molar-refractivity contribution is 0.865. The first-order chi connectivity index (χ1) is 8.99. The quantitative estimate of drug-likeness (QED) is 0.685. The molecule has 0 aliphatic carbocycles. The van der Waals surface area contributed by atoms with Crippen LogP contribution in [-0.2, 0) is 6.42 Å². The molecule has 100 valence electrons. The molecule has 2 heterocycles. The van der Waals surface area contributed by atoms with E-state index < -0.39 is 0 Å². The van der Waals surface area contributed by atoms with Crippen molar-refractivity contribution in [2.75, 3.05) is 5.73 Å². The van der Waals surface area contributed by atoms with E-state index in [0.29, 0.717) is 11.0 Å². The normalized spacial score (nSPS) is 10.7. The second-order valence-electron chi connectivity index (χ2n) is 4.30. The Labute approximate surface area is 117 Å². The molecule has 0 unspecified atom stereocenters. The Bertz CT molecular complexity index is 589. The summed E-state index contributed by atoms with van der Waals surface area (Å²) in [5, 5.41) is 1.48. The third kappa shape index (κ3) is 3.20. The van der Waals surface area contributed by atoms with Crippen LogP contribution in [0.4, 0.5) is 5.82 Å². The van der Waals surface area contributed by atoms with E-state index in [0.717, 1.165) is 34.2 Å². The fourth-order valence-corrected chi connectivity index (χ4v) is 2.47. The highest BCUT2D eigenvalue weighted by molar-refractivity contribution is 7.99. The molecule has 0 saturated heterocycles. The van der Waals surface area contributed by atoms with E-state index in [4.69, 9.17) is 5.73 Å². The fraction of sp³-hybridized carbons (Fsp3) is 0.385. The summed E-state index contributed by atoms with van der Waals surface area (Å²) in [5.74, 6) is 1.22. The van der Waals surface area contributed by atoms with Gasteiger partial charge in [0.1, 0.15) is 16.7 Å². The lowest BCUT2D eigenvalue weighted by atomic mass is 10.2. The molecule has 6 heteroatoms. The zero-order valence-electron chi connectivity index (χ0n) is 11.6. The number of hydrogen-bond acceptors (Lipinski definition) is 6. The second kappa shape index (κ2) is 5.52. The minimum Gasteiger partial charge on any atom is -0.384 e. The maximum Gasteiger partial charge on any atom is 0.194 e. The van der Waals surface area contributed by atoms with Crippen LogP contribution in [0.1, 0.15) is 29.7 Å². The van der Waals surface area contributed by atoms with Crippen LogP contribution in [0.3, 0.4) is 0 Å². The molecule has 5 nitrogen and oxygen atoms in total. The zero-order valence-corrected chi connectivity index (χ0v) is 12.4. The van der Waals surface area contributed by atoms with Gasteiger partial charge in [0, 0.05) is 23.9 Å². The predicted molar refractivity (Wildman–Crippen MR) is 76.2 cm³/mol. The van der Waals surface area contributed by atoms with Gasteiger partial charge in [-0.25, -0.2) is 19.9 Å². The van der Waals surface area contributed by atoms with Gasteiger partial charge < -0.3 is 5.73 Å². The third-order valence-corrected chi connectivity index (χ3v) is 3.68. The van der Waals surface area contributed by atoms with Crippen molar-refractivity contribution in [1.29, 1.82) is 0 Å². The van der Waals surface area contributed by atoms with Crippen molar-refractivity contribution in [3.63, 3.8) is 0 Å². The number of nitrogens with two attached hydrogens (primary N) is 1. The molecular weight excluding hydrogens is 258 g/mol. The summed E-state index contributed by atoms with van der Waals surface area (Å²) in [5.41, 5.74) is 8.88. The maximum absolute atomic E-state index is 5.77. The van der Waals surface area contributed by atoms with Crippen LogP contribution in [0.25, 0.3) is 0 Å². The molecule has 2 aromatic rings. The van der Waals surface area contributed by atoms with Gasteiger partial charge in [0.05, 0.1) is 0 Å². The molecule has 0 atom stereocenters. The first-order valence-electron chi connectivity index (χ1n) is 6.12. The van der Waals surface area contributed by atoms with Gasteiger partial charge in [-0.15, -0.1) is 0 Å². The Kier molecular flexibility index (Phi) is 3.99. The van der Waals surface area contributed by atoms with Crippen LogP contribution >= 0.6 is 11.8 Å². The first kappa shape index (κ1) is 13.7. The lowest BCUT2D eigenvalue weighted by Crippen LogP contribution is -2.01. The number of hydrogen-bond donors (Lipinski definition) is 1. The molecule has 19 heavy (non-hydrogen) atoms. The van der Waals surface area contributed by atoms with Crippen LogP contribution in [0.15, 0.2) is 16.2 Å². The number of rotatable bonds is 3. The smallest absolute Gasteiger partial charge is 0.194 e. The van der Waals surface area contributed by atoms with Crippen LogP contribution in [0.5, 0.6) is 0 Å². The topological polar surface area (TPSA) is 77.6 Å². The molecule has 0 amide bonds. The van der Waals surface area contributed by atoms with Crippen LogP contribution in [0, 0.1) is 20.8 Å². The van der Waals surface area contributed by atoms with Gasteiger partial charge in [-0.1, -0.05) is 6.92 Å². The predicted octanol–water partition coefficient (Wildman–Crippen LogP) is 2.49. The minimum atomic E-state index is 0.481. The summed E-state index contributed by atoms with van der Waals surface area (Å²) in [6.07, 6.45) is 0.755. The Morgan fingerprint density at radius 3 is 2.26 bits per heavy atom. The lowest BCUT2D eigenvalue weighted by Gasteiger charge is -2.07. The number of anilines is 1. The Hall–Kier alpha value is -1.69. The summed E-state index contributed by atoms with van der Waals surface area (Å²) < 4.78 is 0. The van der Waals surface area contributed by atoms with E-state index in [9.17, 15) is 0 Å². The van der Waals surface area contributed by atoms with Gasteiger partial charge in [0.25, 0.3) is 0 Å². The third-order valence-electron chi connectivity index (χ3n) is 2.89. The van der Waals surface area contributed by atoms with Crippen LogP contribution in [0.2, 0.25) is 0 Å². The fourth-order valence-electron chi connectivity index (χ4n) is 1.58. The molecule has 0 radical (unpaired) electrons. The monoisotopic (exact) mass is 275 g/mol. The standard InChI is InChI=1S/C13H17N5S/c1-5-11-17-10(14)6-12(18-11)19-13-15-8(3)7(2)9(4)16-13/h6H,5H2,1-4H3,(H2,14,17,18). The van der Waals surface area contributed by atoms with Gasteiger partial charge in [-0.2, -0.15) is 0 Å². The average Bonchev–Trinajstić information content (AvgIpc) is 2.35. The van der Waals surface area contributed by atoms with Gasteiger partial charge in [0.2, 0.25) is 0 Å². The van der Waals surface area contributed by atoms with Crippen molar-refractivity contribution in [3.05, 3.63) is 28.8 Å². The van der Waals surface area contributed by atoms with Crippen molar-refractivity contribution >= 4 is 17.6 Å². The molecule has 0 fully saturated rings. The van der Waals surface area contributed by atoms with Crippen LogP contribution in [-0.4, -0.2) is 19.9 Å². The molecule has 0 bridgehead atoms. The molecule has 0 spiro atoms. The Balaban J connectivity index is 2.33. The summed E-state index contributed by atoms with van der Waals surface area (Å²) in [7, 11) is 0. The maximum atomic E-state index is 5.77. The molecule has 2 N–H and O–H groups in total. The molecular formula is C13H17N5S. The summed E-state index contributed by atoms with van der Waals surface area (Å²) in [6, 6.07) is 1.75. The van der Waals surface area contributed by atoms with E-state index in [2.05, 4.69) is 19.9 Å². The largest absolute Gasteiger partial charge is 0.384 e. The zero-order chi connectivity index (χ0) is 14.0. The molecule has 0 aliphatic rings. The first-order valence-corrected chi connectivity index (χ1v) is 6.94. The highest BCUT2D eigenvalue weighted by Crippen LogP contribution is 2.25. The Morgan fingerprint density at radius 1 is 1.05 bits per heavy atom.